The van der Waals surface area contributed by atoms with E-state index in [1.165, 1.54) is 25.3 Å². The van der Waals surface area contributed by atoms with Gasteiger partial charge in [0.1, 0.15) is 17.6 Å². The molecular formula is C20H24ClFN2O4S. The third-order valence-electron chi connectivity index (χ3n) is 4.44. The van der Waals surface area contributed by atoms with E-state index in [-0.39, 0.29) is 23.7 Å². The van der Waals surface area contributed by atoms with Crippen molar-refractivity contribution in [1.82, 2.24) is 5.32 Å². The number of hydrogen-bond donors (Lipinski definition) is 1. The van der Waals surface area contributed by atoms with Gasteiger partial charge in [0.25, 0.3) is 0 Å². The predicted molar refractivity (Wildman–Crippen MR) is 112 cm³/mol. The number of benzene rings is 2. The van der Waals surface area contributed by atoms with Gasteiger partial charge in [-0.1, -0.05) is 30.7 Å². The number of sulfonamides is 1. The van der Waals surface area contributed by atoms with E-state index in [2.05, 4.69) is 5.32 Å². The van der Waals surface area contributed by atoms with E-state index in [1.54, 1.807) is 38.1 Å². The topological polar surface area (TPSA) is 75.7 Å². The smallest absolute Gasteiger partial charge is 0.244 e. The predicted octanol–water partition coefficient (Wildman–Crippen LogP) is 3.91. The number of anilines is 1. The summed E-state index contributed by atoms with van der Waals surface area (Å²) in [5.74, 6) is -0.593. The quantitative estimate of drug-likeness (QED) is 0.672. The Bertz CT molecular complexity index is 967. The van der Waals surface area contributed by atoms with Crippen LogP contribution in [0.5, 0.6) is 5.75 Å². The zero-order valence-electron chi connectivity index (χ0n) is 16.6. The molecule has 0 aliphatic heterocycles. The Morgan fingerprint density at radius 1 is 1.24 bits per heavy atom. The molecule has 0 saturated heterocycles. The third kappa shape index (κ3) is 5.61. The molecule has 29 heavy (non-hydrogen) atoms. The summed E-state index contributed by atoms with van der Waals surface area (Å²) in [5, 5.41) is 3.11. The first-order valence-corrected chi connectivity index (χ1v) is 11.2. The maximum absolute atomic E-state index is 13.1. The van der Waals surface area contributed by atoms with Crippen LogP contribution in [0.1, 0.15) is 31.9 Å². The summed E-state index contributed by atoms with van der Waals surface area (Å²) < 4.78 is 44.7. The molecule has 2 atom stereocenters. The first kappa shape index (κ1) is 23.0. The van der Waals surface area contributed by atoms with Crippen molar-refractivity contribution in [3.63, 3.8) is 0 Å². The molecule has 0 aromatic heterocycles. The monoisotopic (exact) mass is 442 g/mol. The van der Waals surface area contributed by atoms with Gasteiger partial charge < -0.3 is 10.1 Å². The lowest BCUT2D eigenvalue weighted by atomic mass is 10.1. The van der Waals surface area contributed by atoms with Crippen LogP contribution in [0.2, 0.25) is 5.02 Å². The standard InChI is InChI=1S/C20H24ClFN2O4S/c1-5-17(20(25)23-13(2)14-6-9-16(22)10-7-14)24(29(4,26)27)18-12-15(21)8-11-19(18)28-3/h6-13,17H,5H2,1-4H3,(H,23,25). The Morgan fingerprint density at radius 2 is 1.86 bits per heavy atom. The Morgan fingerprint density at radius 3 is 2.38 bits per heavy atom. The van der Waals surface area contributed by atoms with Crippen LogP contribution in [-0.4, -0.2) is 33.7 Å². The van der Waals surface area contributed by atoms with Crippen molar-refractivity contribution in [2.24, 2.45) is 0 Å². The number of methoxy groups -OCH3 is 1. The van der Waals surface area contributed by atoms with Crippen LogP contribution < -0.4 is 14.4 Å². The largest absolute Gasteiger partial charge is 0.495 e. The van der Waals surface area contributed by atoms with Gasteiger partial charge >= 0.3 is 0 Å². The number of carbonyl (C=O) groups is 1. The van der Waals surface area contributed by atoms with E-state index in [1.807, 2.05) is 0 Å². The summed E-state index contributed by atoms with van der Waals surface area (Å²) in [6.45, 7) is 3.45. The van der Waals surface area contributed by atoms with E-state index < -0.39 is 28.0 Å². The molecule has 1 N–H and O–H groups in total. The molecule has 158 valence electrons. The molecule has 0 fully saturated rings. The van der Waals surface area contributed by atoms with Crippen LogP contribution in [0.25, 0.3) is 0 Å². The number of nitrogens with one attached hydrogen (secondary N) is 1. The highest BCUT2D eigenvalue weighted by Crippen LogP contribution is 2.35. The number of ether oxygens (including phenoxy) is 1. The first-order chi connectivity index (χ1) is 13.6. The molecule has 6 nitrogen and oxygen atoms in total. The fourth-order valence-electron chi connectivity index (χ4n) is 3.02. The molecule has 0 aliphatic rings. The molecule has 2 aromatic carbocycles. The van der Waals surface area contributed by atoms with Crippen molar-refractivity contribution >= 4 is 33.2 Å². The van der Waals surface area contributed by atoms with Gasteiger partial charge in [-0.3, -0.25) is 9.10 Å². The van der Waals surface area contributed by atoms with Crippen LogP contribution >= 0.6 is 11.6 Å². The average Bonchev–Trinajstić information content (AvgIpc) is 2.65. The van der Waals surface area contributed by atoms with Gasteiger partial charge in [-0.2, -0.15) is 0 Å². The molecule has 0 radical (unpaired) electrons. The number of rotatable bonds is 8. The summed E-state index contributed by atoms with van der Waals surface area (Å²) >= 11 is 6.06. The number of amides is 1. The van der Waals surface area contributed by atoms with E-state index in [0.717, 1.165) is 10.6 Å². The molecule has 0 heterocycles. The summed E-state index contributed by atoms with van der Waals surface area (Å²) in [6, 6.07) is 8.82. The summed E-state index contributed by atoms with van der Waals surface area (Å²) in [5.41, 5.74) is 0.875. The molecular weight excluding hydrogens is 419 g/mol. The van der Waals surface area contributed by atoms with Gasteiger partial charge in [-0.05, 0) is 49.2 Å². The Balaban J connectivity index is 2.40. The molecule has 0 spiro atoms. The van der Waals surface area contributed by atoms with Crippen molar-refractivity contribution in [2.45, 2.75) is 32.4 Å². The summed E-state index contributed by atoms with van der Waals surface area (Å²) in [4.78, 5) is 13.0. The molecule has 2 aromatic rings. The minimum absolute atomic E-state index is 0.180. The molecule has 0 bridgehead atoms. The van der Waals surface area contributed by atoms with E-state index in [9.17, 15) is 17.6 Å². The van der Waals surface area contributed by atoms with Gasteiger partial charge in [0.05, 0.1) is 25.1 Å². The lowest BCUT2D eigenvalue weighted by Crippen LogP contribution is -2.49. The van der Waals surface area contributed by atoms with Gasteiger partial charge in [-0.25, -0.2) is 12.8 Å². The minimum Gasteiger partial charge on any atom is -0.495 e. The van der Waals surface area contributed by atoms with Crippen LogP contribution in [0.3, 0.4) is 0 Å². The van der Waals surface area contributed by atoms with Crippen LogP contribution in [0.15, 0.2) is 42.5 Å². The highest BCUT2D eigenvalue weighted by atomic mass is 35.5. The third-order valence-corrected chi connectivity index (χ3v) is 5.84. The Kier molecular flexibility index (Phi) is 7.48. The maximum Gasteiger partial charge on any atom is 0.244 e. The Labute approximate surface area is 175 Å². The fourth-order valence-corrected chi connectivity index (χ4v) is 4.39. The Hall–Kier alpha value is -2.32. The molecule has 2 rings (SSSR count). The van der Waals surface area contributed by atoms with Crippen LogP contribution in [-0.2, 0) is 14.8 Å². The van der Waals surface area contributed by atoms with Crippen molar-refractivity contribution < 1.29 is 22.3 Å². The average molecular weight is 443 g/mol. The summed E-state index contributed by atoms with van der Waals surface area (Å²) in [6.07, 6.45) is 1.23. The number of carbonyl (C=O) groups excluding carboxylic acids is 1. The van der Waals surface area contributed by atoms with Gasteiger partial charge in [0, 0.05) is 5.02 Å². The first-order valence-electron chi connectivity index (χ1n) is 8.97. The lowest BCUT2D eigenvalue weighted by molar-refractivity contribution is -0.122. The zero-order chi connectivity index (χ0) is 21.8. The van der Waals surface area contributed by atoms with Gasteiger partial charge in [-0.15, -0.1) is 0 Å². The number of hydrogen-bond acceptors (Lipinski definition) is 4. The van der Waals surface area contributed by atoms with E-state index in [4.69, 9.17) is 16.3 Å². The van der Waals surface area contributed by atoms with Crippen molar-refractivity contribution in [3.05, 3.63) is 58.9 Å². The molecule has 9 heteroatoms. The van der Waals surface area contributed by atoms with Crippen molar-refractivity contribution in [1.29, 1.82) is 0 Å². The lowest BCUT2D eigenvalue weighted by Gasteiger charge is -2.32. The second kappa shape index (κ2) is 9.45. The second-order valence-corrected chi connectivity index (χ2v) is 8.88. The SMILES string of the molecule is CCC(C(=O)NC(C)c1ccc(F)cc1)N(c1cc(Cl)ccc1OC)S(C)(=O)=O. The minimum atomic E-state index is -3.85. The molecule has 1 amide bonds. The van der Waals surface area contributed by atoms with Gasteiger partial charge in [0.2, 0.25) is 15.9 Å². The summed E-state index contributed by atoms with van der Waals surface area (Å²) in [7, 11) is -2.44. The number of nitrogens with zero attached hydrogens (tertiary/aromatic N) is 1. The molecule has 0 aliphatic carbocycles. The van der Waals surface area contributed by atoms with E-state index >= 15 is 0 Å². The van der Waals surface area contributed by atoms with Crippen LogP contribution in [0.4, 0.5) is 10.1 Å². The molecule has 2 unspecified atom stereocenters. The van der Waals surface area contributed by atoms with Crippen molar-refractivity contribution in [3.8, 4) is 5.75 Å². The molecule has 0 saturated carbocycles. The van der Waals surface area contributed by atoms with E-state index in [0.29, 0.717) is 10.6 Å². The highest BCUT2D eigenvalue weighted by molar-refractivity contribution is 7.92. The van der Waals surface area contributed by atoms with Gasteiger partial charge in [0.15, 0.2) is 0 Å². The van der Waals surface area contributed by atoms with Crippen molar-refractivity contribution in [2.75, 3.05) is 17.7 Å². The zero-order valence-corrected chi connectivity index (χ0v) is 18.2. The maximum atomic E-state index is 13.1. The second-order valence-electron chi connectivity index (χ2n) is 6.58. The normalized spacial score (nSPS) is 13.4. The fraction of sp³-hybridized carbons (Fsp3) is 0.350. The van der Waals surface area contributed by atoms with Crippen LogP contribution in [0, 0.1) is 5.82 Å². The number of halogens is 2. The highest BCUT2D eigenvalue weighted by Gasteiger charge is 2.34.